The summed E-state index contributed by atoms with van der Waals surface area (Å²) < 4.78 is 1.54. The normalized spacial score (nSPS) is 11.5. The van der Waals surface area contributed by atoms with Crippen molar-refractivity contribution in [3.63, 3.8) is 0 Å². The molecule has 0 atom stereocenters. The number of aromatic nitrogens is 2. The van der Waals surface area contributed by atoms with Crippen LogP contribution in [0.1, 0.15) is 24.5 Å². The van der Waals surface area contributed by atoms with Crippen molar-refractivity contribution < 1.29 is 9.90 Å². The second-order valence-corrected chi connectivity index (χ2v) is 8.61. The van der Waals surface area contributed by atoms with Crippen LogP contribution in [0.25, 0.3) is 16.6 Å². The predicted octanol–water partition coefficient (Wildman–Crippen LogP) is 4.42. The minimum absolute atomic E-state index is 0.0344. The first-order valence-electron chi connectivity index (χ1n) is 10.8. The number of carbonyl (C=O) groups excluding carboxylic acids is 1. The van der Waals surface area contributed by atoms with Crippen LogP contribution in [-0.2, 0) is 4.79 Å². The number of para-hydroxylation sites is 1. The number of benzene rings is 3. The Labute approximate surface area is 201 Å². The van der Waals surface area contributed by atoms with Gasteiger partial charge in [0.2, 0.25) is 0 Å². The first-order chi connectivity index (χ1) is 16.5. The Bertz CT molecular complexity index is 1410. The van der Waals surface area contributed by atoms with E-state index in [-0.39, 0.29) is 23.0 Å². The highest BCUT2D eigenvalue weighted by molar-refractivity contribution is 7.99. The number of rotatable bonds is 7. The number of hydrogen-bond acceptors (Lipinski definition) is 6. The van der Waals surface area contributed by atoms with Gasteiger partial charge in [0.25, 0.3) is 11.5 Å². The SMILES string of the molecule is CCC(=NNC(=O)CSc1nc2ccccc2c(=O)n1-c1ccc(C)cc1)c1ccc(O)cc1. The summed E-state index contributed by atoms with van der Waals surface area (Å²) in [6.07, 6.45) is 0.609. The first-order valence-corrected chi connectivity index (χ1v) is 11.8. The predicted molar refractivity (Wildman–Crippen MR) is 136 cm³/mol. The number of carbonyl (C=O) groups is 1. The van der Waals surface area contributed by atoms with Crippen LogP contribution in [0, 0.1) is 6.92 Å². The zero-order valence-electron chi connectivity index (χ0n) is 18.9. The summed E-state index contributed by atoms with van der Waals surface area (Å²) in [7, 11) is 0. The molecule has 1 aromatic heterocycles. The van der Waals surface area contributed by atoms with Gasteiger partial charge in [0.05, 0.1) is 28.1 Å². The molecule has 172 valence electrons. The first kappa shape index (κ1) is 23.3. The average molecular weight is 473 g/mol. The largest absolute Gasteiger partial charge is 0.508 e. The van der Waals surface area contributed by atoms with Gasteiger partial charge < -0.3 is 5.11 Å². The molecule has 4 aromatic rings. The van der Waals surface area contributed by atoms with Gasteiger partial charge in [-0.2, -0.15) is 5.10 Å². The van der Waals surface area contributed by atoms with Gasteiger partial charge in [0, 0.05) is 0 Å². The van der Waals surface area contributed by atoms with E-state index >= 15 is 0 Å². The third kappa shape index (κ3) is 5.18. The van der Waals surface area contributed by atoms with Gasteiger partial charge in [-0.05, 0) is 67.4 Å². The number of hydrogen-bond donors (Lipinski definition) is 2. The zero-order chi connectivity index (χ0) is 24.1. The second-order valence-electron chi connectivity index (χ2n) is 7.67. The fourth-order valence-corrected chi connectivity index (χ4v) is 4.23. The van der Waals surface area contributed by atoms with Crippen molar-refractivity contribution in [3.8, 4) is 11.4 Å². The van der Waals surface area contributed by atoms with E-state index in [0.717, 1.165) is 11.1 Å². The summed E-state index contributed by atoms with van der Waals surface area (Å²) in [6.45, 7) is 3.92. The molecule has 1 amide bonds. The maximum atomic E-state index is 13.3. The van der Waals surface area contributed by atoms with Crippen LogP contribution >= 0.6 is 11.8 Å². The van der Waals surface area contributed by atoms with Crippen LogP contribution in [-0.4, -0.2) is 32.0 Å². The Hall–Kier alpha value is -3.91. The number of aryl methyl sites for hydroxylation is 1. The number of thioether (sulfide) groups is 1. The van der Waals surface area contributed by atoms with Crippen molar-refractivity contribution in [2.24, 2.45) is 5.10 Å². The van der Waals surface area contributed by atoms with Crippen LogP contribution in [0.5, 0.6) is 5.75 Å². The summed E-state index contributed by atoms with van der Waals surface area (Å²) in [6, 6.07) is 21.4. The van der Waals surface area contributed by atoms with Crippen molar-refractivity contribution in [1.29, 1.82) is 0 Å². The quantitative estimate of drug-likeness (QED) is 0.180. The van der Waals surface area contributed by atoms with Gasteiger partial charge in [0.15, 0.2) is 5.16 Å². The number of aromatic hydroxyl groups is 1. The maximum Gasteiger partial charge on any atom is 0.266 e. The van der Waals surface area contributed by atoms with E-state index in [9.17, 15) is 14.7 Å². The van der Waals surface area contributed by atoms with Gasteiger partial charge in [-0.25, -0.2) is 10.4 Å². The van der Waals surface area contributed by atoms with Crippen molar-refractivity contribution >= 4 is 34.3 Å². The van der Waals surface area contributed by atoms with E-state index in [1.165, 1.54) is 16.3 Å². The molecule has 2 N–H and O–H groups in total. The van der Waals surface area contributed by atoms with Gasteiger partial charge in [-0.15, -0.1) is 0 Å². The van der Waals surface area contributed by atoms with Gasteiger partial charge in [-0.3, -0.25) is 14.2 Å². The lowest BCUT2D eigenvalue weighted by atomic mass is 10.1. The fourth-order valence-electron chi connectivity index (χ4n) is 3.42. The lowest BCUT2D eigenvalue weighted by Crippen LogP contribution is -2.24. The van der Waals surface area contributed by atoms with E-state index in [1.54, 1.807) is 36.4 Å². The van der Waals surface area contributed by atoms with E-state index in [0.29, 0.717) is 33.9 Å². The Morgan fingerprint density at radius 3 is 2.47 bits per heavy atom. The van der Waals surface area contributed by atoms with Gasteiger partial charge >= 0.3 is 0 Å². The van der Waals surface area contributed by atoms with Crippen LogP contribution in [0.3, 0.4) is 0 Å². The summed E-state index contributed by atoms with van der Waals surface area (Å²) >= 11 is 1.18. The number of phenols is 1. The van der Waals surface area contributed by atoms with Crippen LogP contribution in [0.2, 0.25) is 0 Å². The average Bonchev–Trinajstić information content (AvgIpc) is 2.85. The third-order valence-electron chi connectivity index (χ3n) is 5.22. The summed E-state index contributed by atoms with van der Waals surface area (Å²) in [5.41, 5.74) is 6.26. The molecule has 0 aliphatic heterocycles. The Morgan fingerprint density at radius 2 is 1.76 bits per heavy atom. The highest BCUT2D eigenvalue weighted by Crippen LogP contribution is 2.21. The molecule has 0 unspecified atom stereocenters. The van der Waals surface area contributed by atoms with Crippen LogP contribution in [0.4, 0.5) is 0 Å². The lowest BCUT2D eigenvalue weighted by molar-refractivity contribution is -0.118. The van der Waals surface area contributed by atoms with Crippen molar-refractivity contribution in [3.05, 3.63) is 94.3 Å². The maximum absolute atomic E-state index is 13.3. The number of amides is 1. The molecule has 7 nitrogen and oxygen atoms in total. The molecule has 0 aliphatic carbocycles. The van der Waals surface area contributed by atoms with E-state index in [4.69, 9.17) is 0 Å². The number of phenolic OH excluding ortho intramolecular Hbond substituents is 1. The molecule has 4 rings (SSSR count). The molecule has 0 saturated carbocycles. The van der Waals surface area contributed by atoms with E-state index in [1.807, 2.05) is 50.2 Å². The smallest absolute Gasteiger partial charge is 0.266 e. The molecule has 0 aliphatic rings. The summed E-state index contributed by atoms with van der Waals surface area (Å²) in [5.74, 6) is -0.109. The Kier molecular flexibility index (Phi) is 7.08. The molecule has 34 heavy (non-hydrogen) atoms. The molecule has 1 heterocycles. The summed E-state index contributed by atoms with van der Waals surface area (Å²) in [5, 5.41) is 14.7. The molecule has 3 aromatic carbocycles. The lowest BCUT2D eigenvalue weighted by Gasteiger charge is -2.13. The minimum Gasteiger partial charge on any atom is -0.508 e. The fraction of sp³-hybridized carbons (Fsp3) is 0.154. The standard InChI is InChI=1S/C26H24N4O3S/c1-3-22(18-10-14-20(31)15-11-18)28-29-24(32)16-34-26-27-23-7-5-4-6-21(23)25(33)30(26)19-12-8-17(2)9-13-19/h4-15,31H,3,16H2,1-2H3,(H,29,32). The van der Waals surface area contributed by atoms with Crippen LogP contribution < -0.4 is 11.0 Å². The second kappa shape index (κ2) is 10.4. The molecule has 0 bridgehead atoms. The number of nitrogens with one attached hydrogen (secondary N) is 1. The van der Waals surface area contributed by atoms with Gasteiger partial charge in [-0.1, -0.05) is 48.5 Å². The highest BCUT2D eigenvalue weighted by atomic mass is 32.2. The van der Waals surface area contributed by atoms with Crippen molar-refractivity contribution in [1.82, 2.24) is 15.0 Å². The number of nitrogens with zero attached hydrogens (tertiary/aromatic N) is 3. The van der Waals surface area contributed by atoms with Crippen molar-refractivity contribution in [2.45, 2.75) is 25.4 Å². The van der Waals surface area contributed by atoms with E-state index < -0.39 is 0 Å². The van der Waals surface area contributed by atoms with Gasteiger partial charge in [0.1, 0.15) is 5.75 Å². The molecular formula is C26H24N4O3S. The molecule has 0 saturated heterocycles. The molecule has 8 heteroatoms. The topological polar surface area (TPSA) is 96.6 Å². The van der Waals surface area contributed by atoms with E-state index in [2.05, 4.69) is 15.5 Å². The molecule has 0 radical (unpaired) electrons. The number of fused-ring (bicyclic) bond motifs is 1. The molecular weight excluding hydrogens is 448 g/mol. The number of hydrazone groups is 1. The molecule has 0 spiro atoms. The molecule has 0 fully saturated rings. The van der Waals surface area contributed by atoms with Crippen molar-refractivity contribution in [2.75, 3.05) is 5.75 Å². The monoisotopic (exact) mass is 472 g/mol. The minimum atomic E-state index is -0.312. The van der Waals surface area contributed by atoms with Crippen LogP contribution in [0.15, 0.2) is 87.8 Å². The Balaban J connectivity index is 1.58. The zero-order valence-corrected chi connectivity index (χ0v) is 19.7. The summed E-state index contributed by atoms with van der Waals surface area (Å²) in [4.78, 5) is 30.5. The highest BCUT2D eigenvalue weighted by Gasteiger charge is 2.15. The Morgan fingerprint density at radius 1 is 1.06 bits per heavy atom. The third-order valence-corrected chi connectivity index (χ3v) is 6.16.